The minimum Gasteiger partial charge on any atom is -0.494 e. The van der Waals surface area contributed by atoms with Gasteiger partial charge in [-0.15, -0.1) is 10.2 Å². The van der Waals surface area contributed by atoms with Gasteiger partial charge in [-0.3, -0.25) is 14.3 Å². The molecule has 1 aromatic carbocycles. The summed E-state index contributed by atoms with van der Waals surface area (Å²) in [5, 5.41) is 18.4. The van der Waals surface area contributed by atoms with Gasteiger partial charge < -0.3 is 25.8 Å². The molecule has 2 amide bonds. The lowest BCUT2D eigenvalue weighted by Gasteiger charge is -2.41. The van der Waals surface area contributed by atoms with Crippen LogP contribution in [-0.2, 0) is 15.1 Å². The fourth-order valence-electron chi connectivity index (χ4n) is 4.55. The summed E-state index contributed by atoms with van der Waals surface area (Å²) in [7, 11) is 3.29. The Labute approximate surface area is 208 Å². The topological polar surface area (TPSA) is 146 Å². The second kappa shape index (κ2) is 9.57. The summed E-state index contributed by atoms with van der Waals surface area (Å²) < 4.78 is 13.2. The van der Waals surface area contributed by atoms with E-state index in [0.29, 0.717) is 23.7 Å². The average molecular weight is 492 g/mol. The molecule has 36 heavy (non-hydrogen) atoms. The maximum Gasteiger partial charge on any atom is 0.271 e. The van der Waals surface area contributed by atoms with Gasteiger partial charge in [0, 0.05) is 36.4 Å². The highest BCUT2D eigenvalue weighted by atomic mass is 16.5. The van der Waals surface area contributed by atoms with Crippen LogP contribution >= 0.6 is 0 Å². The highest BCUT2D eigenvalue weighted by molar-refractivity contribution is 5.99. The Morgan fingerprint density at radius 2 is 2.00 bits per heavy atom. The first-order valence-corrected chi connectivity index (χ1v) is 11.9. The van der Waals surface area contributed by atoms with Crippen molar-refractivity contribution in [2.45, 2.75) is 37.6 Å². The van der Waals surface area contributed by atoms with Gasteiger partial charge in [0.15, 0.2) is 11.5 Å². The number of nitrogens with two attached hydrogens (primary N) is 1. The molecular weight excluding hydrogens is 462 g/mol. The molecule has 0 radical (unpaired) electrons. The van der Waals surface area contributed by atoms with Gasteiger partial charge in [0.1, 0.15) is 5.75 Å². The van der Waals surface area contributed by atoms with E-state index in [0.717, 1.165) is 43.2 Å². The number of methoxy groups -OCH3 is 2. The number of aromatic nitrogens is 4. The van der Waals surface area contributed by atoms with Gasteiger partial charge in [-0.05, 0) is 38.2 Å². The molecule has 2 aliphatic carbocycles. The van der Waals surface area contributed by atoms with Gasteiger partial charge in [0.25, 0.3) is 5.91 Å². The van der Waals surface area contributed by atoms with Crippen LogP contribution in [0.3, 0.4) is 0 Å². The normalized spacial score (nSPS) is 16.2. The van der Waals surface area contributed by atoms with Crippen molar-refractivity contribution >= 4 is 29.0 Å². The first kappa shape index (κ1) is 23.7. The van der Waals surface area contributed by atoms with E-state index in [1.54, 1.807) is 20.3 Å². The Morgan fingerprint density at radius 3 is 2.64 bits per heavy atom. The SMILES string of the molecule is COCC1(n2cc(-c3cccc(Nc4cc(NC(=O)C5CC5)nnc4C(N)=O)c3OC)cn2)CCC1. The number of para-hydroxylation sites is 1. The van der Waals surface area contributed by atoms with Gasteiger partial charge in [-0.25, -0.2) is 0 Å². The molecule has 2 aromatic heterocycles. The molecule has 188 valence electrons. The van der Waals surface area contributed by atoms with Crippen molar-refractivity contribution in [1.29, 1.82) is 0 Å². The molecule has 0 unspecified atom stereocenters. The summed E-state index contributed by atoms with van der Waals surface area (Å²) in [5.41, 5.74) is 7.98. The van der Waals surface area contributed by atoms with Crippen LogP contribution < -0.4 is 21.1 Å². The number of amides is 2. The zero-order valence-electron chi connectivity index (χ0n) is 20.3. The van der Waals surface area contributed by atoms with Gasteiger partial charge >= 0.3 is 0 Å². The quantitative estimate of drug-likeness (QED) is 0.392. The second-order valence-electron chi connectivity index (χ2n) is 9.32. The molecule has 0 aliphatic heterocycles. The molecule has 3 aromatic rings. The molecule has 2 saturated carbocycles. The Bertz CT molecular complexity index is 1300. The standard InChI is InChI=1S/C25H29N7O4/c1-35-14-25(9-4-10-25)32-13-16(12-27-32)17-5-3-6-18(22(17)36-2)28-19-11-20(29-24(34)15-7-8-15)30-31-21(19)23(26)33/h3,5-6,11-13,15H,4,7-10,14H2,1-2H3,(H2,26,33)(H2,28,29,30,34). The molecule has 2 heterocycles. The van der Waals surface area contributed by atoms with E-state index in [4.69, 9.17) is 15.2 Å². The zero-order chi connectivity index (χ0) is 25.3. The fraction of sp³-hybridized carbons (Fsp3) is 0.400. The number of nitrogens with zero attached hydrogens (tertiary/aromatic N) is 4. The lowest BCUT2D eigenvalue weighted by Crippen LogP contribution is -2.44. The number of carbonyl (C=O) groups excluding carboxylic acids is 2. The van der Waals surface area contributed by atoms with Crippen LogP contribution in [-0.4, -0.2) is 52.6 Å². The van der Waals surface area contributed by atoms with Crippen LogP contribution in [0.4, 0.5) is 17.2 Å². The summed E-state index contributed by atoms with van der Waals surface area (Å²) in [4.78, 5) is 24.2. The first-order chi connectivity index (χ1) is 17.4. The van der Waals surface area contributed by atoms with Crippen LogP contribution in [0, 0.1) is 5.92 Å². The number of primary amides is 1. The minimum atomic E-state index is -0.745. The van der Waals surface area contributed by atoms with Crippen LogP contribution in [0.5, 0.6) is 5.75 Å². The number of hydrogen-bond donors (Lipinski definition) is 3. The van der Waals surface area contributed by atoms with Gasteiger partial charge in [0.2, 0.25) is 5.91 Å². The molecule has 0 saturated heterocycles. The third-order valence-corrected chi connectivity index (χ3v) is 6.79. The number of anilines is 3. The van der Waals surface area contributed by atoms with E-state index in [-0.39, 0.29) is 28.9 Å². The lowest BCUT2D eigenvalue weighted by atomic mass is 9.77. The van der Waals surface area contributed by atoms with Crippen molar-refractivity contribution in [3.8, 4) is 16.9 Å². The largest absolute Gasteiger partial charge is 0.494 e. The van der Waals surface area contributed by atoms with Crippen LogP contribution in [0.2, 0.25) is 0 Å². The summed E-state index contributed by atoms with van der Waals surface area (Å²) in [5.74, 6) is -0.0663. The third kappa shape index (κ3) is 4.49. The molecule has 0 bridgehead atoms. The van der Waals surface area contributed by atoms with E-state index >= 15 is 0 Å². The van der Waals surface area contributed by atoms with Gasteiger partial charge in [0.05, 0.1) is 36.8 Å². The van der Waals surface area contributed by atoms with Crippen molar-refractivity contribution in [3.05, 3.63) is 42.4 Å². The summed E-state index contributed by atoms with van der Waals surface area (Å²) in [6, 6.07) is 7.18. The summed E-state index contributed by atoms with van der Waals surface area (Å²) in [6.45, 7) is 0.609. The zero-order valence-corrected chi connectivity index (χ0v) is 20.3. The van der Waals surface area contributed by atoms with Crippen LogP contribution in [0.25, 0.3) is 11.1 Å². The van der Waals surface area contributed by atoms with Crippen LogP contribution in [0.15, 0.2) is 36.7 Å². The Balaban J connectivity index is 1.46. The fourth-order valence-corrected chi connectivity index (χ4v) is 4.55. The monoisotopic (exact) mass is 491 g/mol. The number of benzene rings is 1. The van der Waals surface area contributed by atoms with E-state index < -0.39 is 5.91 Å². The number of rotatable bonds is 10. The predicted molar refractivity (Wildman–Crippen MR) is 133 cm³/mol. The van der Waals surface area contributed by atoms with E-state index in [9.17, 15) is 9.59 Å². The molecule has 2 aliphatic rings. The molecular formula is C25H29N7O4. The number of carbonyl (C=O) groups is 2. The van der Waals surface area contributed by atoms with Crippen molar-refractivity contribution in [2.24, 2.45) is 11.7 Å². The molecule has 11 nitrogen and oxygen atoms in total. The number of nitrogens with one attached hydrogen (secondary N) is 2. The van der Waals surface area contributed by atoms with E-state index in [1.807, 2.05) is 35.3 Å². The maximum atomic E-state index is 12.2. The van der Waals surface area contributed by atoms with Crippen molar-refractivity contribution < 1.29 is 19.1 Å². The molecule has 2 fully saturated rings. The predicted octanol–water partition coefficient (Wildman–Crippen LogP) is 3.07. The molecule has 0 spiro atoms. The molecule has 0 atom stereocenters. The van der Waals surface area contributed by atoms with Gasteiger partial charge in [-0.1, -0.05) is 12.1 Å². The second-order valence-corrected chi connectivity index (χ2v) is 9.32. The van der Waals surface area contributed by atoms with E-state index in [2.05, 4.69) is 25.9 Å². The molecule has 11 heteroatoms. The Kier molecular flexibility index (Phi) is 6.31. The Hall–Kier alpha value is -3.99. The average Bonchev–Trinajstić information content (AvgIpc) is 3.58. The van der Waals surface area contributed by atoms with Crippen molar-refractivity contribution in [3.63, 3.8) is 0 Å². The first-order valence-electron chi connectivity index (χ1n) is 11.9. The smallest absolute Gasteiger partial charge is 0.271 e. The van der Waals surface area contributed by atoms with Crippen LogP contribution in [0.1, 0.15) is 42.6 Å². The lowest BCUT2D eigenvalue weighted by molar-refractivity contribution is -0.117. The summed E-state index contributed by atoms with van der Waals surface area (Å²) >= 11 is 0. The molecule has 5 rings (SSSR count). The van der Waals surface area contributed by atoms with Crippen molar-refractivity contribution in [1.82, 2.24) is 20.0 Å². The minimum absolute atomic E-state index is 0.000295. The van der Waals surface area contributed by atoms with Gasteiger partial charge in [-0.2, -0.15) is 5.10 Å². The Morgan fingerprint density at radius 1 is 1.19 bits per heavy atom. The van der Waals surface area contributed by atoms with E-state index in [1.165, 1.54) is 0 Å². The maximum absolute atomic E-state index is 12.2. The number of ether oxygens (including phenoxy) is 2. The third-order valence-electron chi connectivity index (χ3n) is 6.79. The highest BCUT2D eigenvalue weighted by Gasteiger charge is 2.40. The van der Waals surface area contributed by atoms with Crippen molar-refractivity contribution in [2.75, 3.05) is 31.5 Å². The number of hydrogen-bond acceptors (Lipinski definition) is 8. The highest BCUT2D eigenvalue weighted by Crippen LogP contribution is 2.42. The summed E-state index contributed by atoms with van der Waals surface area (Å²) in [6.07, 6.45) is 8.72. The molecule has 4 N–H and O–H groups in total.